The van der Waals surface area contributed by atoms with Crippen molar-refractivity contribution >= 4 is 47.5 Å². The number of amides is 1. The van der Waals surface area contributed by atoms with E-state index in [2.05, 4.69) is 33.7 Å². The Morgan fingerprint density at radius 2 is 1.77 bits per heavy atom. The van der Waals surface area contributed by atoms with Crippen LogP contribution in [0.1, 0.15) is 40.8 Å². The fourth-order valence-corrected chi connectivity index (χ4v) is 7.39. The SMILES string of the molecule is COc1ccc2c(c1)C(c1ccc(Cl)cc1)=N[C@@H](CC(=O)NCCc1cccc3c([Si](C)(C)O)cccc13)c1nnc(C)n1-2. The van der Waals surface area contributed by atoms with Gasteiger partial charge in [0.2, 0.25) is 14.2 Å². The highest BCUT2D eigenvalue weighted by atomic mass is 35.5. The van der Waals surface area contributed by atoms with Gasteiger partial charge in [0.25, 0.3) is 0 Å². The quantitative estimate of drug-likeness (QED) is 0.224. The summed E-state index contributed by atoms with van der Waals surface area (Å²) in [5, 5.41) is 15.8. The lowest BCUT2D eigenvalue weighted by Gasteiger charge is -2.18. The van der Waals surface area contributed by atoms with Crippen LogP contribution >= 0.6 is 11.6 Å². The molecule has 0 bridgehead atoms. The standard InChI is InChI=1S/C34H34ClN5O3Si/c1-21-38-39-34-29(20-32(41)36-18-17-22-7-5-9-27-26(22)8-6-10-31(27)44(3,4)42)37-33(23-11-13-24(35)14-12-23)28-19-25(43-2)15-16-30(28)40(21)34/h5-16,19,29,42H,17-18,20H2,1-4H3,(H,36,41)/t29-/m0/s1. The van der Waals surface area contributed by atoms with Gasteiger partial charge in [0.1, 0.15) is 17.6 Å². The number of rotatable bonds is 8. The zero-order valence-corrected chi connectivity index (χ0v) is 26.9. The van der Waals surface area contributed by atoms with Gasteiger partial charge in [0.05, 0.1) is 24.9 Å². The molecule has 6 rings (SSSR count). The molecule has 2 N–H and O–H groups in total. The predicted molar refractivity (Wildman–Crippen MR) is 177 cm³/mol. The van der Waals surface area contributed by atoms with Crippen molar-refractivity contribution in [3.8, 4) is 11.4 Å². The number of carbonyl (C=O) groups is 1. The molecule has 0 saturated heterocycles. The third-order valence-electron chi connectivity index (χ3n) is 8.02. The van der Waals surface area contributed by atoms with E-state index in [1.165, 1.54) is 0 Å². The molecule has 1 amide bonds. The van der Waals surface area contributed by atoms with E-state index in [9.17, 15) is 9.59 Å². The van der Waals surface area contributed by atoms with Gasteiger partial charge in [-0.2, -0.15) is 0 Å². The summed E-state index contributed by atoms with van der Waals surface area (Å²) in [4.78, 5) is 29.4. The number of hydrogen-bond acceptors (Lipinski definition) is 6. The van der Waals surface area contributed by atoms with Crippen LogP contribution in [0, 0.1) is 6.92 Å². The Kier molecular flexibility index (Phi) is 8.11. The molecular weight excluding hydrogens is 590 g/mol. The smallest absolute Gasteiger partial charge is 0.222 e. The summed E-state index contributed by atoms with van der Waals surface area (Å²) in [6.07, 6.45) is 0.759. The molecule has 2 heterocycles. The van der Waals surface area contributed by atoms with E-state index < -0.39 is 14.4 Å². The van der Waals surface area contributed by atoms with Gasteiger partial charge in [0, 0.05) is 22.7 Å². The van der Waals surface area contributed by atoms with Crippen LogP contribution in [0.15, 0.2) is 83.9 Å². The molecule has 0 aliphatic carbocycles. The van der Waals surface area contributed by atoms with Crippen LogP contribution in [-0.4, -0.2) is 53.2 Å². The molecule has 1 aliphatic heterocycles. The maximum atomic E-state index is 13.4. The highest BCUT2D eigenvalue weighted by molar-refractivity contribution is 6.85. The van der Waals surface area contributed by atoms with Crippen LogP contribution in [0.3, 0.4) is 0 Å². The highest BCUT2D eigenvalue weighted by Gasteiger charge is 2.30. The van der Waals surface area contributed by atoms with Crippen molar-refractivity contribution < 1.29 is 14.3 Å². The minimum absolute atomic E-state index is 0.102. The van der Waals surface area contributed by atoms with E-state index in [0.29, 0.717) is 35.4 Å². The maximum absolute atomic E-state index is 13.4. The molecule has 1 aliphatic rings. The number of aryl methyl sites for hydroxylation is 1. The van der Waals surface area contributed by atoms with Gasteiger partial charge in [-0.25, -0.2) is 0 Å². The zero-order chi connectivity index (χ0) is 31.0. The molecule has 10 heteroatoms. The van der Waals surface area contributed by atoms with E-state index in [1.807, 2.05) is 85.2 Å². The summed E-state index contributed by atoms with van der Waals surface area (Å²) >= 11 is 6.21. The number of hydrogen-bond donors (Lipinski definition) is 2. The van der Waals surface area contributed by atoms with E-state index in [0.717, 1.165) is 44.0 Å². The minimum atomic E-state index is -2.50. The molecule has 8 nitrogen and oxygen atoms in total. The summed E-state index contributed by atoms with van der Waals surface area (Å²) in [6, 6.07) is 25.0. The van der Waals surface area contributed by atoms with Crippen LogP contribution in [0.5, 0.6) is 5.75 Å². The van der Waals surface area contributed by atoms with Gasteiger partial charge in [-0.05, 0) is 78.3 Å². The number of aromatic nitrogens is 3. The summed E-state index contributed by atoms with van der Waals surface area (Å²) in [6.45, 7) is 6.22. The Balaban J connectivity index is 1.28. The van der Waals surface area contributed by atoms with Crippen molar-refractivity contribution in [1.82, 2.24) is 20.1 Å². The number of carbonyl (C=O) groups excluding carboxylic acids is 1. The Labute approximate surface area is 262 Å². The summed E-state index contributed by atoms with van der Waals surface area (Å²) in [5.74, 6) is 1.87. The van der Waals surface area contributed by atoms with Crippen molar-refractivity contribution in [3.05, 3.63) is 112 Å². The lowest BCUT2D eigenvalue weighted by Crippen LogP contribution is -2.41. The van der Waals surface area contributed by atoms with Crippen molar-refractivity contribution in [2.24, 2.45) is 4.99 Å². The fraction of sp³-hybridized carbons (Fsp3) is 0.235. The van der Waals surface area contributed by atoms with Gasteiger partial charge in [-0.15, -0.1) is 10.2 Å². The molecule has 44 heavy (non-hydrogen) atoms. The van der Waals surface area contributed by atoms with E-state index >= 15 is 0 Å². The zero-order valence-electron chi connectivity index (χ0n) is 25.1. The average molecular weight is 624 g/mol. The van der Waals surface area contributed by atoms with Crippen molar-refractivity contribution in [2.45, 2.75) is 38.9 Å². The molecule has 224 valence electrons. The van der Waals surface area contributed by atoms with Gasteiger partial charge in [0.15, 0.2) is 5.82 Å². The molecule has 0 fully saturated rings. The molecule has 0 unspecified atom stereocenters. The van der Waals surface area contributed by atoms with Crippen molar-refractivity contribution in [3.63, 3.8) is 0 Å². The first kappa shape index (κ1) is 29.7. The van der Waals surface area contributed by atoms with Gasteiger partial charge in [-0.1, -0.05) is 60.1 Å². The van der Waals surface area contributed by atoms with E-state index in [4.69, 9.17) is 21.3 Å². The number of halogens is 1. The molecule has 0 radical (unpaired) electrons. The lowest BCUT2D eigenvalue weighted by molar-refractivity contribution is -0.121. The minimum Gasteiger partial charge on any atom is -0.497 e. The number of methoxy groups -OCH3 is 1. The summed E-state index contributed by atoms with van der Waals surface area (Å²) in [7, 11) is -0.866. The number of fused-ring (bicyclic) bond motifs is 4. The van der Waals surface area contributed by atoms with Gasteiger partial charge < -0.3 is 14.8 Å². The number of aliphatic imine (C=N–C) groups is 1. The molecule has 0 spiro atoms. The second kappa shape index (κ2) is 12.0. The highest BCUT2D eigenvalue weighted by Crippen LogP contribution is 2.34. The first-order valence-electron chi connectivity index (χ1n) is 14.6. The molecule has 0 saturated carbocycles. The largest absolute Gasteiger partial charge is 0.497 e. The van der Waals surface area contributed by atoms with E-state index in [-0.39, 0.29) is 12.3 Å². The first-order chi connectivity index (χ1) is 21.1. The second-order valence-electron chi connectivity index (χ2n) is 11.5. The van der Waals surface area contributed by atoms with Crippen molar-refractivity contribution in [1.29, 1.82) is 0 Å². The van der Waals surface area contributed by atoms with Gasteiger partial charge >= 0.3 is 0 Å². The Hall–Kier alpha value is -4.31. The molecule has 4 aromatic carbocycles. The Morgan fingerprint density at radius 1 is 1.02 bits per heavy atom. The molecular formula is C34H34ClN5O3Si. The summed E-state index contributed by atoms with van der Waals surface area (Å²) in [5.41, 5.74) is 4.43. The van der Waals surface area contributed by atoms with Crippen LogP contribution in [0.4, 0.5) is 0 Å². The van der Waals surface area contributed by atoms with E-state index in [1.54, 1.807) is 7.11 Å². The third kappa shape index (κ3) is 5.78. The monoisotopic (exact) mass is 623 g/mol. The molecule has 1 atom stereocenters. The second-order valence-corrected chi connectivity index (χ2v) is 15.6. The Morgan fingerprint density at radius 3 is 2.52 bits per heavy atom. The van der Waals surface area contributed by atoms with Crippen LogP contribution < -0.4 is 15.2 Å². The number of nitrogens with zero attached hydrogens (tertiary/aromatic N) is 4. The van der Waals surface area contributed by atoms with Crippen LogP contribution in [-0.2, 0) is 11.2 Å². The predicted octanol–water partition coefficient (Wildman–Crippen LogP) is 5.44. The maximum Gasteiger partial charge on any atom is 0.222 e. The lowest BCUT2D eigenvalue weighted by atomic mass is 10.00. The van der Waals surface area contributed by atoms with Crippen LogP contribution in [0.2, 0.25) is 18.1 Å². The third-order valence-corrected chi connectivity index (χ3v) is 10.0. The topological polar surface area (TPSA) is 102 Å². The molecule has 1 aromatic heterocycles. The molecule has 5 aromatic rings. The number of ether oxygens (including phenoxy) is 1. The summed E-state index contributed by atoms with van der Waals surface area (Å²) < 4.78 is 7.53. The van der Waals surface area contributed by atoms with Crippen molar-refractivity contribution in [2.75, 3.05) is 13.7 Å². The number of nitrogens with one attached hydrogen (secondary N) is 1. The average Bonchev–Trinajstić information content (AvgIpc) is 3.33. The van der Waals surface area contributed by atoms with Crippen LogP contribution in [0.25, 0.3) is 16.5 Å². The first-order valence-corrected chi connectivity index (χ1v) is 17.9. The number of benzene rings is 4. The van der Waals surface area contributed by atoms with Gasteiger partial charge in [-0.3, -0.25) is 14.4 Å². The fourth-order valence-electron chi connectivity index (χ4n) is 5.89. The Bertz CT molecular complexity index is 1900. The normalized spacial score (nSPS) is 14.4.